The molecule has 1 aliphatic carbocycles. The summed E-state index contributed by atoms with van der Waals surface area (Å²) in [6, 6.07) is 21.1. The number of hydrogen-bond donors (Lipinski definition) is 1. The van der Waals surface area contributed by atoms with Crippen LogP contribution in [0, 0.1) is 5.92 Å². The highest BCUT2D eigenvalue weighted by Crippen LogP contribution is 2.35. The predicted molar refractivity (Wildman–Crippen MR) is 98.8 cm³/mol. The summed E-state index contributed by atoms with van der Waals surface area (Å²) in [6.07, 6.45) is 6.95. The Hall–Kier alpha value is -1.25. The van der Waals surface area contributed by atoms with Gasteiger partial charge in [0, 0.05) is 10.1 Å². The van der Waals surface area contributed by atoms with Gasteiger partial charge in [-0.25, -0.2) is 0 Å². The van der Waals surface area contributed by atoms with Crippen molar-refractivity contribution in [2.24, 2.45) is 5.92 Å². The molecule has 0 aromatic heterocycles. The molecular weight excluding hydrogens is 300 g/mol. The zero-order chi connectivity index (χ0) is 15.9. The molecule has 2 aromatic carbocycles. The van der Waals surface area contributed by atoms with Gasteiger partial charge in [0.1, 0.15) is 0 Å². The Morgan fingerprint density at radius 1 is 0.870 bits per heavy atom. The van der Waals surface area contributed by atoms with E-state index in [0.717, 1.165) is 6.42 Å². The third-order valence-electron chi connectivity index (χ3n) is 4.82. The van der Waals surface area contributed by atoms with E-state index in [1.165, 1.54) is 42.6 Å². The minimum Gasteiger partial charge on any atom is -0.392 e. The molecule has 122 valence electrons. The van der Waals surface area contributed by atoms with Crippen LogP contribution in [0.1, 0.15) is 37.7 Å². The van der Waals surface area contributed by atoms with Gasteiger partial charge in [0.2, 0.25) is 0 Å². The topological polar surface area (TPSA) is 20.2 Å². The standard InChI is InChI=1S/C21H26OS/c22-21(18-12-6-2-7-13-18)20(16-17-10-4-1-5-11-17)23-19-14-8-3-9-15-19/h1,3-5,8-11,14-15,18,20-22H,2,6-7,12-13,16H2/t20-,21+/m1/s1. The molecule has 3 rings (SSSR count). The summed E-state index contributed by atoms with van der Waals surface area (Å²) in [6.45, 7) is 0. The molecule has 0 amide bonds. The fourth-order valence-corrected chi connectivity index (χ4v) is 4.83. The Kier molecular flexibility index (Phi) is 6.18. The van der Waals surface area contributed by atoms with Gasteiger partial charge in [-0.05, 0) is 42.9 Å². The Morgan fingerprint density at radius 2 is 1.48 bits per heavy atom. The van der Waals surface area contributed by atoms with Crippen LogP contribution in [0.4, 0.5) is 0 Å². The summed E-state index contributed by atoms with van der Waals surface area (Å²) >= 11 is 1.84. The molecular formula is C21H26OS. The normalized spacial score (nSPS) is 18.5. The number of rotatable bonds is 6. The van der Waals surface area contributed by atoms with Gasteiger partial charge in [-0.15, -0.1) is 11.8 Å². The molecule has 1 nitrogen and oxygen atoms in total. The Bertz CT molecular complexity index is 521. The van der Waals surface area contributed by atoms with Crippen LogP contribution < -0.4 is 0 Å². The van der Waals surface area contributed by atoms with E-state index in [0.29, 0.717) is 5.92 Å². The highest BCUT2D eigenvalue weighted by molar-refractivity contribution is 8.00. The minimum absolute atomic E-state index is 0.222. The molecule has 2 aromatic rings. The lowest BCUT2D eigenvalue weighted by Crippen LogP contribution is -2.34. The van der Waals surface area contributed by atoms with Gasteiger partial charge in [-0.1, -0.05) is 67.8 Å². The monoisotopic (exact) mass is 326 g/mol. The van der Waals surface area contributed by atoms with Crippen LogP contribution in [0.2, 0.25) is 0 Å². The SMILES string of the molecule is O[C@@H](C1CCCCC1)[C@@H](Cc1ccccc1)Sc1ccccc1. The fourth-order valence-electron chi connectivity index (χ4n) is 3.53. The van der Waals surface area contributed by atoms with Crippen LogP contribution in [0.25, 0.3) is 0 Å². The van der Waals surface area contributed by atoms with Crippen LogP contribution in [-0.2, 0) is 6.42 Å². The van der Waals surface area contributed by atoms with Crippen molar-refractivity contribution in [2.75, 3.05) is 0 Å². The number of benzene rings is 2. The summed E-state index contributed by atoms with van der Waals surface area (Å²) in [5.41, 5.74) is 1.32. The molecule has 0 spiro atoms. The van der Waals surface area contributed by atoms with E-state index < -0.39 is 0 Å². The maximum atomic E-state index is 11.0. The van der Waals surface area contributed by atoms with Crippen molar-refractivity contribution in [1.82, 2.24) is 0 Å². The van der Waals surface area contributed by atoms with E-state index in [-0.39, 0.29) is 11.4 Å². The summed E-state index contributed by atoms with van der Waals surface area (Å²) in [4.78, 5) is 1.25. The van der Waals surface area contributed by atoms with Crippen LogP contribution in [-0.4, -0.2) is 16.5 Å². The van der Waals surface area contributed by atoms with Crippen molar-refractivity contribution in [3.63, 3.8) is 0 Å². The Morgan fingerprint density at radius 3 is 2.13 bits per heavy atom. The second-order valence-electron chi connectivity index (χ2n) is 6.55. The Labute approximate surface area is 144 Å². The summed E-state index contributed by atoms with van der Waals surface area (Å²) < 4.78 is 0. The molecule has 1 N–H and O–H groups in total. The van der Waals surface area contributed by atoms with Gasteiger partial charge in [0.05, 0.1) is 6.10 Å². The maximum Gasteiger partial charge on any atom is 0.0693 e. The van der Waals surface area contributed by atoms with E-state index in [9.17, 15) is 5.11 Å². The number of aliphatic hydroxyl groups excluding tert-OH is 1. The zero-order valence-electron chi connectivity index (χ0n) is 13.6. The summed E-state index contributed by atoms with van der Waals surface area (Å²) in [7, 11) is 0. The third kappa shape index (κ3) is 4.86. The molecule has 2 heteroatoms. The lowest BCUT2D eigenvalue weighted by Gasteiger charge is -2.32. The average Bonchev–Trinajstić information content (AvgIpc) is 2.63. The summed E-state index contributed by atoms with van der Waals surface area (Å²) in [5, 5.41) is 11.3. The molecule has 2 atom stereocenters. The van der Waals surface area contributed by atoms with Gasteiger partial charge in [0.15, 0.2) is 0 Å². The minimum atomic E-state index is -0.222. The molecule has 1 fully saturated rings. The van der Waals surface area contributed by atoms with Crippen LogP contribution >= 0.6 is 11.8 Å². The molecule has 1 saturated carbocycles. The highest BCUT2D eigenvalue weighted by Gasteiger charge is 2.29. The van der Waals surface area contributed by atoms with Gasteiger partial charge >= 0.3 is 0 Å². The lowest BCUT2D eigenvalue weighted by atomic mass is 9.83. The highest BCUT2D eigenvalue weighted by atomic mass is 32.2. The number of aliphatic hydroxyl groups is 1. The largest absolute Gasteiger partial charge is 0.392 e. The van der Waals surface area contributed by atoms with Crippen molar-refractivity contribution < 1.29 is 5.11 Å². The second kappa shape index (κ2) is 8.56. The van der Waals surface area contributed by atoms with Gasteiger partial charge in [0.25, 0.3) is 0 Å². The molecule has 0 saturated heterocycles. The van der Waals surface area contributed by atoms with Crippen molar-refractivity contribution in [1.29, 1.82) is 0 Å². The van der Waals surface area contributed by atoms with Crippen molar-refractivity contribution in [3.8, 4) is 0 Å². The first-order valence-electron chi connectivity index (χ1n) is 8.76. The molecule has 0 bridgehead atoms. The molecule has 1 aliphatic rings. The first-order chi connectivity index (χ1) is 11.3. The van der Waals surface area contributed by atoms with Gasteiger partial charge in [-0.3, -0.25) is 0 Å². The van der Waals surface area contributed by atoms with E-state index in [1.54, 1.807) is 0 Å². The van der Waals surface area contributed by atoms with E-state index >= 15 is 0 Å². The van der Waals surface area contributed by atoms with Crippen molar-refractivity contribution >= 4 is 11.8 Å². The van der Waals surface area contributed by atoms with Gasteiger partial charge in [-0.2, -0.15) is 0 Å². The summed E-state index contributed by atoms with van der Waals surface area (Å²) in [5.74, 6) is 0.466. The quantitative estimate of drug-likeness (QED) is 0.724. The van der Waals surface area contributed by atoms with Crippen LogP contribution in [0.15, 0.2) is 65.6 Å². The smallest absolute Gasteiger partial charge is 0.0693 e. The Balaban J connectivity index is 1.74. The van der Waals surface area contributed by atoms with Crippen molar-refractivity contribution in [2.45, 2.75) is 54.8 Å². The van der Waals surface area contributed by atoms with E-state index in [1.807, 2.05) is 17.8 Å². The first kappa shape index (κ1) is 16.6. The lowest BCUT2D eigenvalue weighted by molar-refractivity contribution is 0.0825. The molecule has 0 radical (unpaired) electrons. The van der Waals surface area contributed by atoms with E-state index in [4.69, 9.17) is 0 Å². The molecule has 0 aliphatic heterocycles. The number of thioether (sulfide) groups is 1. The predicted octanol–water partition coefficient (Wildman–Crippen LogP) is 5.33. The second-order valence-corrected chi connectivity index (χ2v) is 7.86. The fraction of sp³-hybridized carbons (Fsp3) is 0.429. The van der Waals surface area contributed by atoms with Crippen molar-refractivity contribution in [3.05, 3.63) is 66.2 Å². The number of hydrogen-bond acceptors (Lipinski definition) is 2. The first-order valence-corrected chi connectivity index (χ1v) is 9.64. The van der Waals surface area contributed by atoms with Crippen LogP contribution in [0.5, 0.6) is 0 Å². The van der Waals surface area contributed by atoms with Crippen LogP contribution in [0.3, 0.4) is 0 Å². The van der Waals surface area contributed by atoms with E-state index in [2.05, 4.69) is 54.6 Å². The zero-order valence-corrected chi connectivity index (χ0v) is 14.4. The third-order valence-corrected chi connectivity index (χ3v) is 6.12. The molecule has 23 heavy (non-hydrogen) atoms. The average molecular weight is 327 g/mol. The molecule has 0 unspecified atom stereocenters. The van der Waals surface area contributed by atoms with Gasteiger partial charge < -0.3 is 5.11 Å². The maximum absolute atomic E-state index is 11.0. The molecule has 0 heterocycles.